The Kier molecular flexibility index (Phi) is 8.57. The van der Waals surface area contributed by atoms with Gasteiger partial charge < -0.3 is 19.8 Å². The highest BCUT2D eigenvalue weighted by Gasteiger charge is 2.30. The van der Waals surface area contributed by atoms with Crippen LogP contribution in [0, 0.1) is 0 Å². The number of aryl methyl sites for hydroxylation is 1. The summed E-state index contributed by atoms with van der Waals surface area (Å²) in [5.74, 6) is -0.483. The highest BCUT2D eigenvalue weighted by atomic mass is 35.5. The molecule has 1 unspecified atom stereocenters. The van der Waals surface area contributed by atoms with Crippen LogP contribution in [0.3, 0.4) is 0 Å². The zero-order chi connectivity index (χ0) is 28.2. The van der Waals surface area contributed by atoms with Crippen molar-refractivity contribution < 1.29 is 23.5 Å². The molecule has 0 bridgehead atoms. The first-order chi connectivity index (χ1) is 19.4. The highest BCUT2D eigenvalue weighted by molar-refractivity contribution is 8.00. The topological polar surface area (TPSA) is 128 Å². The number of amides is 2. The molecule has 13 heteroatoms. The van der Waals surface area contributed by atoms with Crippen LogP contribution in [0.2, 0.25) is 5.02 Å². The second-order valence-electron chi connectivity index (χ2n) is 8.91. The lowest BCUT2D eigenvalue weighted by molar-refractivity contribution is -0.115. The molecule has 2 N–H and O–H groups in total. The van der Waals surface area contributed by atoms with E-state index in [1.807, 2.05) is 6.07 Å². The fourth-order valence-corrected chi connectivity index (χ4v) is 6.71. The second-order valence-corrected chi connectivity index (χ2v) is 11.8. The molecular formula is C27H26ClN5O5S2. The summed E-state index contributed by atoms with van der Waals surface area (Å²) in [6, 6.07) is 10.3. The van der Waals surface area contributed by atoms with E-state index in [1.54, 1.807) is 48.7 Å². The quantitative estimate of drug-likeness (QED) is 0.186. The molecule has 2 amide bonds. The Morgan fingerprint density at radius 1 is 1.23 bits per heavy atom. The number of benzene rings is 1. The van der Waals surface area contributed by atoms with Crippen LogP contribution >= 0.6 is 34.7 Å². The third kappa shape index (κ3) is 5.93. The van der Waals surface area contributed by atoms with E-state index in [1.165, 1.54) is 29.4 Å². The van der Waals surface area contributed by atoms with E-state index < -0.39 is 17.1 Å². The third-order valence-electron chi connectivity index (χ3n) is 6.21. The van der Waals surface area contributed by atoms with Crippen LogP contribution in [0.1, 0.15) is 57.4 Å². The number of hydrogen-bond acceptors (Lipinski definition) is 9. The number of esters is 1. The van der Waals surface area contributed by atoms with Crippen LogP contribution in [0.4, 0.5) is 5.00 Å². The van der Waals surface area contributed by atoms with Gasteiger partial charge in [0.2, 0.25) is 5.91 Å². The maximum Gasteiger partial charge on any atom is 0.341 e. The van der Waals surface area contributed by atoms with Crippen molar-refractivity contribution in [2.45, 2.75) is 50.1 Å². The lowest BCUT2D eigenvalue weighted by Crippen LogP contribution is -2.25. The lowest BCUT2D eigenvalue weighted by Gasteiger charge is -2.14. The van der Waals surface area contributed by atoms with E-state index in [4.69, 9.17) is 20.8 Å². The van der Waals surface area contributed by atoms with Gasteiger partial charge >= 0.3 is 5.97 Å². The molecule has 40 heavy (non-hydrogen) atoms. The molecule has 1 aliphatic carbocycles. The number of ether oxygens (including phenoxy) is 1. The Balaban J connectivity index is 1.36. The number of anilines is 1. The van der Waals surface area contributed by atoms with Crippen LogP contribution in [0.25, 0.3) is 5.69 Å². The molecule has 0 spiro atoms. The van der Waals surface area contributed by atoms with Crippen molar-refractivity contribution in [2.75, 3.05) is 11.9 Å². The third-order valence-corrected chi connectivity index (χ3v) is 8.69. The van der Waals surface area contributed by atoms with E-state index in [2.05, 4.69) is 20.8 Å². The van der Waals surface area contributed by atoms with E-state index in [-0.39, 0.29) is 24.8 Å². The van der Waals surface area contributed by atoms with Gasteiger partial charge in [-0.3, -0.25) is 14.2 Å². The average Bonchev–Trinajstić information content (AvgIpc) is 3.72. The van der Waals surface area contributed by atoms with E-state index in [0.29, 0.717) is 32.3 Å². The van der Waals surface area contributed by atoms with E-state index >= 15 is 0 Å². The monoisotopic (exact) mass is 599 g/mol. The molecule has 1 aliphatic rings. The molecule has 3 heterocycles. The van der Waals surface area contributed by atoms with Gasteiger partial charge in [-0.15, -0.1) is 21.5 Å². The number of halogens is 1. The molecule has 1 aromatic carbocycles. The minimum Gasteiger partial charge on any atom is -0.462 e. The first kappa shape index (κ1) is 27.9. The first-order valence-corrected chi connectivity index (χ1v) is 14.7. The van der Waals surface area contributed by atoms with E-state index in [9.17, 15) is 14.4 Å². The zero-order valence-electron chi connectivity index (χ0n) is 21.7. The molecule has 10 nitrogen and oxygen atoms in total. The van der Waals surface area contributed by atoms with Gasteiger partial charge in [-0.2, -0.15) is 0 Å². The minimum atomic E-state index is -0.598. The SMILES string of the molecule is CCOC(=O)c1c(NC(=O)C(C)Sc2nnc(CNC(=O)c3ccco3)n2-c2cccc(Cl)c2)sc2c1CCC2. The average molecular weight is 600 g/mol. The van der Waals surface area contributed by atoms with Gasteiger partial charge in [0, 0.05) is 9.90 Å². The molecule has 1 atom stereocenters. The van der Waals surface area contributed by atoms with Crippen molar-refractivity contribution in [1.29, 1.82) is 0 Å². The fraction of sp³-hybridized carbons (Fsp3) is 0.296. The number of fused-ring (bicyclic) bond motifs is 1. The van der Waals surface area contributed by atoms with Gasteiger partial charge in [-0.05, 0) is 69.0 Å². The summed E-state index contributed by atoms with van der Waals surface area (Å²) >= 11 is 8.89. The van der Waals surface area contributed by atoms with Crippen molar-refractivity contribution in [2.24, 2.45) is 0 Å². The summed E-state index contributed by atoms with van der Waals surface area (Å²) in [6.07, 6.45) is 4.08. The number of thioether (sulfide) groups is 1. The number of nitrogens with zero attached hydrogens (tertiary/aromatic N) is 3. The number of rotatable bonds is 10. The number of furan rings is 1. The predicted molar refractivity (Wildman–Crippen MR) is 152 cm³/mol. The Hall–Kier alpha value is -3.61. The number of carbonyl (C=O) groups excluding carboxylic acids is 3. The molecule has 0 aliphatic heterocycles. The summed E-state index contributed by atoms with van der Waals surface area (Å²) in [6.45, 7) is 3.82. The summed E-state index contributed by atoms with van der Waals surface area (Å²) in [5.41, 5.74) is 2.11. The highest BCUT2D eigenvalue weighted by Crippen LogP contribution is 2.40. The van der Waals surface area contributed by atoms with Crippen molar-refractivity contribution in [3.8, 4) is 5.69 Å². The van der Waals surface area contributed by atoms with Crippen LogP contribution < -0.4 is 10.6 Å². The lowest BCUT2D eigenvalue weighted by atomic mass is 10.1. The summed E-state index contributed by atoms with van der Waals surface area (Å²) in [5, 5.41) is 15.2. The van der Waals surface area contributed by atoms with Gasteiger partial charge in [0.1, 0.15) is 5.00 Å². The van der Waals surface area contributed by atoms with Crippen molar-refractivity contribution >= 4 is 57.5 Å². The maximum absolute atomic E-state index is 13.3. The number of nitrogens with one attached hydrogen (secondary N) is 2. The molecule has 3 aromatic heterocycles. The minimum absolute atomic E-state index is 0.0594. The molecule has 5 rings (SSSR count). The normalized spacial score (nSPS) is 13.1. The molecule has 4 aromatic rings. The van der Waals surface area contributed by atoms with Crippen LogP contribution in [0.5, 0.6) is 0 Å². The molecular weight excluding hydrogens is 574 g/mol. The Morgan fingerprint density at radius 3 is 2.83 bits per heavy atom. The smallest absolute Gasteiger partial charge is 0.341 e. The standard InChI is InChI=1S/C27H26ClN5O5S2/c1-3-37-26(36)22-18-9-5-11-20(18)40-25(22)30-23(34)15(2)39-27-32-31-21(14-29-24(35)19-10-6-12-38-19)33(27)17-8-4-7-16(28)13-17/h4,6-8,10,12-13,15H,3,5,9,11,14H2,1-2H3,(H,29,35)(H,30,34). The Bertz CT molecular complexity index is 1550. The predicted octanol–water partition coefficient (Wildman–Crippen LogP) is 5.29. The number of aromatic nitrogens is 3. The summed E-state index contributed by atoms with van der Waals surface area (Å²) in [4.78, 5) is 39.5. The zero-order valence-corrected chi connectivity index (χ0v) is 24.1. The van der Waals surface area contributed by atoms with Crippen LogP contribution in [-0.2, 0) is 28.9 Å². The molecule has 0 saturated heterocycles. The van der Waals surface area contributed by atoms with Crippen molar-refractivity contribution in [3.63, 3.8) is 0 Å². The Morgan fingerprint density at radius 2 is 2.08 bits per heavy atom. The number of hydrogen-bond donors (Lipinski definition) is 2. The largest absolute Gasteiger partial charge is 0.462 e. The molecule has 208 valence electrons. The molecule has 0 saturated carbocycles. The number of carbonyl (C=O) groups is 3. The van der Waals surface area contributed by atoms with Gasteiger partial charge in [0.15, 0.2) is 16.7 Å². The summed E-state index contributed by atoms with van der Waals surface area (Å²) in [7, 11) is 0. The van der Waals surface area contributed by atoms with Gasteiger partial charge in [0.25, 0.3) is 5.91 Å². The van der Waals surface area contributed by atoms with Gasteiger partial charge in [-0.25, -0.2) is 4.79 Å². The number of thiophene rings is 1. The van der Waals surface area contributed by atoms with Crippen molar-refractivity contribution in [3.05, 3.63) is 75.3 Å². The van der Waals surface area contributed by atoms with Crippen molar-refractivity contribution in [1.82, 2.24) is 20.1 Å². The second kappa shape index (κ2) is 12.3. The van der Waals surface area contributed by atoms with E-state index in [0.717, 1.165) is 29.7 Å². The molecule has 0 fully saturated rings. The van der Waals surface area contributed by atoms with Gasteiger partial charge in [0.05, 0.1) is 35.9 Å². The fourth-order valence-electron chi connectivity index (χ4n) is 4.36. The maximum atomic E-state index is 13.3. The first-order valence-electron chi connectivity index (χ1n) is 12.7. The molecule has 0 radical (unpaired) electrons. The summed E-state index contributed by atoms with van der Waals surface area (Å²) < 4.78 is 12.2. The van der Waals surface area contributed by atoms with Gasteiger partial charge in [-0.1, -0.05) is 29.4 Å². The Labute approximate surface area is 243 Å². The van der Waals surface area contributed by atoms with Crippen LogP contribution in [-0.4, -0.2) is 44.4 Å². The van der Waals surface area contributed by atoms with Crippen LogP contribution in [0.15, 0.2) is 52.2 Å².